The van der Waals surface area contributed by atoms with Crippen LogP contribution in [0.2, 0.25) is 0 Å². The number of ether oxygens (including phenoxy) is 1. The van der Waals surface area contributed by atoms with Crippen molar-refractivity contribution in [3.8, 4) is 11.4 Å². The van der Waals surface area contributed by atoms with Crippen LogP contribution in [-0.4, -0.2) is 55.8 Å². The summed E-state index contributed by atoms with van der Waals surface area (Å²) in [4.78, 5) is 24.9. The minimum Gasteiger partial charge on any atom is -0.382 e. The quantitative estimate of drug-likeness (QED) is 0.745. The summed E-state index contributed by atoms with van der Waals surface area (Å²) in [5.74, 6) is 1.03. The standard InChI is InChI=1S/C18H24N8O/c1-18(2,3)10-26-11-22-15-14(12-8-21-13(19)9-20-12)23-17(24-16(15)26)25-4-6-27-7-5-25/h8-9,11H,4-7,10H2,1-3H3,(H2,19,21). The monoisotopic (exact) mass is 368 g/mol. The molecule has 9 nitrogen and oxygen atoms in total. The molecule has 1 saturated heterocycles. The Morgan fingerprint density at radius 1 is 1.07 bits per heavy atom. The van der Waals surface area contributed by atoms with Gasteiger partial charge in [0, 0.05) is 19.6 Å². The molecule has 27 heavy (non-hydrogen) atoms. The van der Waals surface area contributed by atoms with Gasteiger partial charge in [0.2, 0.25) is 5.95 Å². The lowest BCUT2D eigenvalue weighted by Crippen LogP contribution is -2.37. The lowest BCUT2D eigenvalue weighted by atomic mass is 9.97. The van der Waals surface area contributed by atoms with E-state index in [1.165, 1.54) is 6.20 Å². The SMILES string of the molecule is CC(C)(C)Cn1cnc2c(-c3cnc(N)cn3)nc(N3CCOCC3)nc21. The molecule has 0 atom stereocenters. The zero-order chi connectivity index (χ0) is 19.0. The lowest BCUT2D eigenvalue weighted by Gasteiger charge is -2.27. The Bertz CT molecular complexity index is 938. The van der Waals surface area contributed by atoms with Crippen molar-refractivity contribution in [1.82, 2.24) is 29.5 Å². The summed E-state index contributed by atoms with van der Waals surface area (Å²) in [6.07, 6.45) is 4.98. The van der Waals surface area contributed by atoms with Crippen LogP contribution in [0.25, 0.3) is 22.6 Å². The molecule has 3 aromatic rings. The minimum atomic E-state index is 0.0961. The highest BCUT2D eigenvalue weighted by Gasteiger charge is 2.22. The summed E-state index contributed by atoms with van der Waals surface area (Å²) in [5.41, 5.74) is 8.60. The van der Waals surface area contributed by atoms with Crippen molar-refractivity contribution < 1.29 is 4.74 Å². The van der Waals surface area contributed by atoms with Gasteiger partial charge in [-0.25, -0.2) is 19.9 Å². The van der Waals surface area contributed by atoms with E-state index in [0.717, 1.165) is 30.8 Å². The Balaban J connectivity index is 1.87. The molecule has 0 saturated carbocycles. The second kappa shape index (κ2) is 6.73. The zero-order valence-electron chi connectivity index (χ0n) is 15.9. The predicted octanol–water partition coefficient (Wildman–Crippen LogP) is 1.75. The summed E-state index contributed by atoms with van der Waals surface area (Å²) in [6.45, 7) is 10.2. The van der Waals surface area contributed by atoms with Gasteiger partial charge >= 0.3 is 0 Å². The van der Waals surface area contributed by atoms with Crippen molar-refractivity contribution in [2.75, 3.05) is 36.9 Å². The molecule has 0 amide bonds. The maximum Gasteiger partial charge on any atom is 0.228 e. The zero-order valence-corrected chi connectivity index (χ0v) is 15.9. The first-order valence-electron chi connectivity index (χ1n) is 9.04. The third-order valence-electron chi connectivity index (χ3n) is 4.31. The molecular formula is C18H24N8O. The van der Waals surface area contributed by atoms with Gasteiger partial charge in [-0.3, -0.25) is 0 Å². The molecule has 9 heteroatoms. The number of nitrogens with zero attached hydrogens (tertiary/aromatic N) is 7. The van der Waals surface area contributed by atoms with Gasteiger partial charge in [0.25, 0.3) is 0 Å². The van der Waals surface area contributed by atoms with Gasteiger partial charge in [0.15, 0.2) is 5.65 Å². The molecule has 4 rings (SSSR count). The van der Waals surface area contributed by atoms with Gasteiger partial charge in [-0.2, -0.15) is 4.98 Å². The van der Waals surface area contributed by atoms with E-state index in [1.807, 2.05) is 6.33 Å². The van der Waals surface area contributed by atoms with Crippen LogP contribution >= 0.6 is 0 Å². The van der Waals surface area contributed by atoms with Gasteiger partial charge in [0.05, 0.1) is 31.9 Å². The molecule has 0 spiro atoms. The molecule has 0 aliphatic carbocycles. The van der Waals surface area contributed by atoms with Crippen LogP contribution in [-0.2, 0) is 11.3 Å². The van der Waals surface area contributed by atoms with Crippen molar-refractivity contribution in [1.29, 1.82) is 0 Å². The molecule has 142 valence electrons. The van der Waals surface area contributed by atoms with Gasteiger partial charge in [0.1, 0.15) is 22.7 Å². The third-order valence-corrected chi connectivity index (χ3v) is 4.31. The number of fused-ring (bicyclic) bond motifs is 1. The minimum absolute atomic E-state index is 0.0961. The predicted molar refractivity (Wildman–Crippen MR) is 103 cm³/mol. The average Bonchev–Trinajstić information content (AvgIpc) is 3.03. The van der Waals surface area contributed by atoms with E-state index in [1.54, 1.807) is 6.20 Å². The van der Waals surface area contributed by atoms with Crippen LogP contribution in [0.5, 0.6) is 0 Å². The fourth-order valence-electron chi connectivity index (χ4n) is 3.10. The fraction of sp³-hybridized carbons (Fsp3) is 0.500. The Hall–Kier alpha value is -2.81. The first-order chi connectivity index (χ1) is 12.9. The molecule has 0 bridgehead atoms. The van der Waals surface area contributed by atoms with E-state index >= 15 is 0 Å². The molecule has 1 fully saturated rings. The number of rotatable bonds is 3. The molecular weight excluding hydrogens is 344 g/mol. The Labute approximate surface area is 157 Å². The molecule has 0 aromatic carbocycles. The van der Waals surface area contributed by atoms with Crippen LogP contribution in [0.15, 0.2) is 18.7 Å². The summed E-state index contributed by atoms with van der Waals surface area (Å²) >= 11 is 0. The lowest BCUT2D eigenvalue weighted by molar-refractivity contribution is 0.122. The topological polar surface area (TPSA) is 108 Å². The highest BCUT2D eigenvalue weighted by Crippen LogP contribution is 2.28. The third kappa shape index (κ3) is 3.68. The normalized spacial score (nSPS) is 15.4. The maximum absolute atomic E-state index is 5.69. The number of aromatic nitrogens is 6. The average molecular weight is 368 g/mol. The van der Waals surface area contributed by atoms with Crippen LogP contribution in [0.4, 0.5) is 11.8 Å². The number of hydrogen-bond donors (Lipinski definition) is 1. The van der Waals surface area contributed by atoms with Crippen LogP contribution in [0.3, 0.4) is 0 Å². The Kier molecular flexibility index (Phi) is 4.39. The Morgan fingerprint density at radius 3 is 2.52 bits per heavy atom. The molecule has 1 aliphatic rings. The van der Waals surface area contributed by atoms with E-state index in [0.29, 0.717) is 36.4 Å². The van der Waals surface area contributed by atoms with Crippen molar-refractivity contribution in [3.05, 3.63) is 18.7 Å². The number of hydrogen-bond acceptors (Lipinski definition) is 8. The number of nitrogens with two attached hydrogens (primary N) is 1. The molecule has 1 aliphatic heterocycles. The first kappa shape index (κ1) is 17.6. The number of anilines is 2. The highest BCUT2D eigenvalue weighted by molar-refractivity contribution is 5.87. The number of imidazole rings is 1. The molecule has 4 heterocycles. The Morgan fingerprint density at radius 2 is 1.85 bits per heavy atom. The summed E-state index contributed by atoms with van der Waals surface area (Å²) < 4.78 is 7.54. The van der Waals surface area contributed by atoms with Crippen LogP contribution in [0, 0.1) is 5.41 Å². The van der Waals surface area contributed by atoms with Crippen LogP contribution < -0.4 is 10.6 Å². The second-order valence-corrected chi connectivity index (χ2v) is 7.90. The van der Waals surface area contributed by atoms with E-state index in [4.69, 9.17) is 20.4 Å². The van der Waals surface area contributed by atoms with E-state index in [2.05, 4.69) is 45.2 Å². The van der Waals surface area contributed by atoms with Crippen molar-refractivity contribution in [3.63, 3.8) is 0 Å². The van der Waals surface area contributed by atoms with Crippen LogP contribution in [0.1, 0.15) is 20.8 Å². The maximum atomic E-state index is 5.69. The smallest absolute Gasteiger partial charge is 0.228 e. The van der Waals surface area contributed by atoms with E-state index < -0.39 is 0 Å². The molecule has 3 aromatic heterocycles. The van der Waals surface area contributed by atoms with Gasteiger partial charge in [-0.15, -0.1) is 0 Å². The summed E-state index contributed by atoms with van der Waals surface area (Å²) in [6, 6.07) is 0. The van der Waals surface area contributed by atoms with Crippen molar-refractivity contribution in [2.45, 2.75) is 27.3 Å². The number of morpholine rings is 1. The highest BCUT2D eigenvalue weighted by atomic mass is 16.5. The first-order valence-corrected chi connectivity index (χ1v) is 9.04. The van der Waals surface area contributed by atoms with Gasteiger partial charge in [-0.1, -0.05) is 20.8 Å². The van der Waals surface area contributed by atoms with Crippen molar-refractivity contribution >= 4 is 22.9 Å². The largest absolute Gasteiger partial charge is 0.382 e. The van der Waals surface area contributed by atoms with E-state index in [9.17, 15) is 0 Å². The summed E-state index contributed by atoms with van der Waals surface area (Å²) in [7, 11) is 0. The van der Waals surface area contributed by atoms with Gasteiger partial charge < -0.3 is 19.9 Å². The molecule has 2 N–H and O–H groups in total. The van der Waals surface area contributed by atoms with Crippen molar-refractivity contribution in [2.24, 2.45) is 5.41 Å². The molecule has 0 radical (unpaired) electrons. The van der Waals surface area contributed by atoms with E-state index in [-0.39, 0.29) is 5.41 Å². The van der Waals surface area contributed by atoms with Gasteiger partial charge in [-0.05, 0) is 5.41 Å². The number of nitrogen functional groups attached to an aromatic ring is 1. The molecule has 0 unspecified atom stereocenters. The fourth-order valence-corrected chi connectivity index (χ4v) is 3.10. The summed E-state index contributed by atoms with van der Waals surface area (Å²) in [5, 5.41) is 0. The second-order valence-electron chi connectivity index (χ2n) is 7.90.